The molecule has 0 saturated carbocycles. The molecule has 4 rings (SSSR count). The van der Waals surface area contributed by atoms with Crippen LogP contribution in [0.4, 0.5) is 5.13 Å². The molecule has 1 unspecified atom stereocenters. The molecule has 0 aliphatic heterocycles. The minimum Gasteiger partial charge on any atom is -0.298 e. The van der Waals surface area contributed by atoms with Gasteiger partial charge >= 0.3 is 0 Å². The summed E-state index contributed by atoms with van der Waals surface area (Å²) in [4.78, 5) is 19.5. The van der Waals surface area contributed by atoms with Gasteiger partial charge in [-0.3, -0.25) is 10.1 Å². The fraction of sp³-hybridized carbons (Fsp3) is 0.300. The van der Waals surface area contributed by atoms with Crippen molar-refractivity contribution < 1.29 is 4.79 Å². The van der Waals surface area contributed by atoms with E-state index in [9.17, 15) is 4.79 Å². The van der Waals surface area contributed by atoms with Gasteiger partial charge in [-0.25, -0.2) is 4.98 Å². The van der Waals surface area contributed by atoms with E-state index in [4.69, 9.17) is 23.2 Å². The summed E-state index contributed by atoms with van der Waals surface area (Å²) in [6, 6.07) is 5.48. The van der Waals surface area contributed by atoms with E-state index in [-0.39, 0.29) is 5.91 Å². The number of nitrogens with zero attached hydrogens (tertiary/aromatic N) is 1. The minimum absolute atomic E-state index is 0.0625. The second kappa shape index (κ2) is 7.92. The number of halogens is 2. The van der Waals surface area contributed by atoms with Gasteiger partial charge in [-0.15, -0.1) is 22.7 Å². The summed E-state index contributed by atoms with van der Waals surface area (Å²) < 4.78 is 0. The first-order chi connectivity index (χ1) is 13.0. The van der Waals surface area contributed by atoms with Gasteiger partial charge in [-0.2, -0.15) is 0 Å². The summed E-state index contributed by atoms with van der Waals surface area (Å²) in [5, 5.41) is 6.82. The normalized spacial score (nSPS) is 16.2. The van der Waals surface area contributed by atoms with Crippen LogP contribution < -0.4 is 5.32 Å². The molecule has 0 radical (unpaired) electrons. The lowest BCUT2D eigenvalue weighted by Gasteiger charge is -2.18. The summed E-state index contributed by atoms with van der Waals surface area (Å²) in [6.45, 7) is 2.27. The largest absolute Gasteiger partial charge is 0.298 e. The summed E-state index contributed by atoms with van der Waals surface area (Å²) in [5.74, 6) is 0.640. The SMILES string of the molecule is CC1CCc2c(C(=O)Nc3ncc(Cc4ccc(Cl)cc4Cl)s3)csc2C1. The standard InChI is InChI=1S/C20H18Cl2N2OS2/c1-11-2-5-15-16(10-26-18(15)6-11)19(25)24-20-23-9-14(27-20)7-12-3-4-13(21)8-17(12)22/h3-4,8-11H,2,5-7H2,1H3,(H,23,24,25). The fourth-order valence-corrected chi connectivity index (χ4v) is 5.88. The third kappa shape index (κ3) is 4.21. The topological polar surface area (TPSA) is 42.0 Å². The number of fused-ring (bicyclic) bond motifs is 1. The molecule has 3 aromatic rings. The predicted molar refractivity (Wildman–Crippen MR) is 115 cm³/mol. The molecule has 1 N–H and O–H groups in total. The van der Waals surface area contributed by atoms with Crippen LogP contribution in [-0.4, -0.2) is 10.9 Å². The number of amides is 1. The molecule has 2 heterocycles. The van der Waals surface area contributed by atoms with Crippen LogP contribution in [-0.2, 0) is 19.3 Å². The van der Waals surface area contributed by atoms with Crippen molar-refractivity contribution in [3.63, 3.8) is 0 Å². The number of hydrogen-bond donors (Lipinski definition) is 1. The molecule has 140 valence electrons. The number of rotatable bonds is 4. The molecule has 0 saturated heterocycles. The Kier molecular flexibility index (Phi) is 5.55. The highest BCUT2D eigenvalue weighted by molar-refractivity contribution is 7.15. The molecule has 1 aliphatic rings. The van der Waals surface area contributed by atoms with Crippen LogP contribution in [0.15, 0.2) is 29.8 Å². The van der Waals surface area contributed by atoms with Crippen molar-refractivity contribution in [1.82, 2.24) is 4.98 Å². The van der Waals surface area contributed by atoms with Crippen molar-refractivity contribution in [3.8, 4) is 0 Å². The Morgan fingerprint density at radius 1 is 1.37 bits per heavy atom. The smallest absolute Gasteiger partial charge is 0.258 e. The molecule has 1 amide bonds. The lowest BCUT2D eigenvalue weighted by Crippen LogP contribution is -2.16. The molecular formula is C20H18Cl2N2OS2. The van der Waals surface area contributed by atoms with Gasteiger partial charge in [0.1, 0.15) is 0 Å². The van der Waals surface area contributed by atoms with Crippen LogP contribution in [0.3, 0.4) is 0 Å². The van der Waals surface area contributed by atoms with Gasteiger partial charge in [-0.1, -0.05) is 36.2 Å². The molecule has 7 heteroatoms. The van der Waals surface area contributed by atoms with E-state index in [1.54, 1.807) is 23.6 Å². The van der Waals surface area contributed by atoms with Gasteiger partial charge in [0.05, 0.1) is 5.56 Å². The Bertz CT molecular complexity index is 996. The fourth-order valence-electron chi connectivity index (χ4n) is 3.33. The van der Waals surface area contributed by atoms with E-state index in [2.05, 4.69) is 17.2 Å². The Morgan fingerprint density at radius 2 is 2.22 bits per heavy atom. The average Bonchev–Trinajstić information content (AvgIpc) is 3.23. The van der Waals surface area contributed by atoms with Gasteiger partial charge in [-0.05, 0) is 48.4 Å². The number of thiophene rings is 1. The van der Waals surface area contributed by atoms with E-state index < -0.39 is 0 Å². The summed E-state index contributed by atoms with van der Waals surface area (Å²) in [5.41, 5.74) is 3.02. The number of carbonyl (C=O) groups excluding carboxylic acids is 1. The van der Waals surface area contributed by atoms with Crippen LogP contribution in [0.25, 0.3) is 0 Å². The first-order valence-electron chi connectivity index (χ1n) is 8.79. The van der Waals surface area contributed by atoms with Gasteiger partial charge < -0.3 is 0 Å². The first-order valence-corrected chi connectivity index (χ1v) is 11.2. The lowest BCUT2D eigenvalue weighted by molar-refractivity contribution is 0.102. The maximum Gasteiger partial charge on any atom is 0.258 e. The Morgan fingerprint density at radius 3 is 3.04 bits per heavy atom. The molecule has 2 aromatic heterocycles. The molecule has 0 spiro atoms. The number of anilines is 1. The van der Waals surface area contributed by atoms with Crippen LogP contribution in [0, 0.1) is 5.92 Å². The van der Waals surface area contributed by atoms with Crippen molar-refractivity contribution in [1.29, 1.82) is 0 Å². The Labute approximate surface area is 176 Å². The first kappa shape index (κ1) is 18.9. The molecule has 1 aliphatic carbocycles. The van der Waals surface area contributed by atoms with Gasteiger partial charge in [0.2, 0.25) is 0 Å². The van der Waals surface area contributed by atoms with Crippen LogP contribution in [0.2, 0.25) is 10.0 Å². The van der Waals surface area contributed by atoms with E-state index >= 15 is 0 Å². The summed E-state index contributed by atoms with van der Waals surface area (Å²) in [7, 11) is 0. The minimum atomic E-state index is -0.0625. The molecule has 3 nitrogen and oxygen atoms in total. The molecule has 27 heavy (non-hydrogen) atoms. The van der Waals surface area contributed by atoms with Crippen LogP contribution >= 0.6 is 45.9 Å². The maximum absolute atomic E-state index is 12.7. The number of carbonyl (C=O) groups is 1. The summed E-state index contributed by atoms with van der Waals surface area (Å²) in [6.07, 6.45) is 5.66. The molecular weight excluding hydrogens is 419 g/mol. The second-order valence-electron chi connectivity index (χ2n) is 6.90. The van der Waals surface area contributed by atoms with Gasteiger partial charge in [0, 0.05) is 37.8 Å². The number of aromatic nitrogens is 1. The van der Waals surface area contributed by atoms with Gasteiger partial charge in [0.25, 0.3) is 5.91 Å². The van der Waals surface area contributed by atoms with E-state index in [0.717, 1.165) is 35.3 Å². The van der Waals surface area contributed by atoms with Gasteiger partial charge in [0.15, 0.2) is 5.13 Å². The average molecular weight is 437 g/mol. The van der Waals surface area contributed by atoms with Crippen molar-refractivity contribution in [2.75, 3.05) is 5.32 Å². The number of benzene rings is 1. The maximum atomic E-state index is 12.7. The molecule has 0 fully saturated rings. The molecule has 1 aromatic carbocycles. The molecule has 1 atom stereocenters. The Balaban J connectivity index is 1.46. The third-order valence-corrected chi connectivity index (χ3v) is 7.35. The zero-order chi connectivity index (χ0) is 19.0. The van der Waals surface area contributed by atoms with E-state index in [1.165, 1.54) is 21.8 Å². The van der Waals surface area contributed by atoms with Crippen LogP contribution in [0.5, 0.6) is 0 Å². The monoisotopic (exact) mass is 436 g/mol. The zero-order valence-electron chi connectivity index (χ0n) is 14.7. The number of nitrogens with one attached hydrogen (secondary N) is 1. The highest BCUT2D eigenvalue weighted by Crippen LogP contribution is 2.33. The van der Waals surface area contributed by atoms with Crippen molar-refractivity contribution in [3.05, 3.63) is 66.3 Å². The third-order valence-electron chi connectivity index (χ3n) is 4.80. The molecule has 0 bridgehead atoms. The highest BCUT2D eigenvalue weighted by atomic mass is 35.5. The predicted octanol–water partition coefficient (Wildman–Crippen LogP) is 6.48. The highest BCUT2D eigenvalue weighted by Gasteiger charge is 2.23. The Hall–Kier alpha value is -1.40. The summed E-state index contributed by atoms with van der Waals surface area (Å²) >= 11 is 15.4. The zero-order valence-corrected chi connectivity index (χ0v) is 17.9. The second-order valence-corrected chi connectivity index (χ2v) is 9.82. The van der Waals surface area contributed by atoms with Crippen molar-refractivity contribution in [2.24, 2.45) is 5.92 Å². The lowest BCUT2D eigenvalue weighted by atomic mass is 9.88. The number of hydrogen-bond acceptors (Lipinski definition) is 4. The van der Waals surface area contributed by atoms with Crippen molar-refractivity contribution >= 4 is 56.9 Å². The van der Waals surface area contributed by atoms with E-state index in [1.807, 2.05) is 17.5 Å². The van der Waals surface area contributed by atoms with Crippen LogP contribution in [0.1, 0.15) is 44.6 Å². The number of thiazole rings is 1. The van der Waals surface area contributed by atoms with E-state index in [0.29, 0.717) is 27.5 Å². The quantitative estimate of drug-likeness (QED) is 0.508. The van der Waals surface area contributed by atoms with Crippen molar-refractivity contribution in [2.45, 2.75) is 32.6 Å².